The molecule has 21 heavy (non-hydrogen) atoms. The van der Waals surface area contributed by atoms with E-state index in [1.807, 2.05) is 0 Å². The molecule has 0 unspecified atom stereocenters. The van der Waals surface area contributed by atoms with Gasteiger partial charge in [-0.3, -0.25) is 4.79 Å². The number of hydrogen-bond acceptors (Lipinski definition) is 3. The van der Waals surface area contributed by atoms with Gasteiger partial charge in [-0.15, -0.1) is 0 Å². The van der Waals surface area contributed by atoms with Crippen LogP contribution in [-0.2, 0) is 9.53 Å². The van der Waals surface area contributed by atoms with Crippen LogP contribution in [0.2, 0.25) is 5.02 Å². The lowest BCUT2D eigenvalue weighted by molar-refractivity contribution is -0.125. The molecular weight excluding hydrogens is 295 g/mol. The average molecular weight is 313 g/mol. The van der Waals surface area contributed by atoms with Gasteiger partial charge in [-0.05, 0) is 31.0 Å². The topological polar surface area (TPSA) is 41.6 Å². The van der Waals surface area contributed by atoms with Gasteiger partial charge in [0, 0.05) is 31.4 Å². The molecule has 2 aliphatic heterocycles. The van der Waals surface area contributed by atoms with Crippen molar-refractivity contribution in [1.29, 1.82) is 0 Å². The zero-order valence-corrected chi connectivity index (χ0v) is 12.4. The Labute approximate surface area is 128 Å². The smallest absolute Gasteiger partial charge is 0.225 e. The van der Waals surface area contributed by atoms with Gasteiger partial charge in [0.15, 0.2) is 0 Å². The highest BCUT2D eigenvalue weighted by Gasteiger charge is 2.29. The Morgan fingerprint density at radius 3 is 3.00 bits per heavy atom. The molecule has 0 bridgehead atoms. The number of rotatable bonds is 3. The number of nitrogens with zero attached hydrogens (tertiary/aromatic N) is 1. The van der Waals surface area contributed by atoms with E-state index in [0.29, 0.717) is 13.2 Å². The van der Waals surface area contributed by atoms with Gasteiger partial charge < -0.3 is 15.0 Å². The molecule has 2 heterocycles. The number of anilines is 1. The molecule has 2 fully saturated rings. The molecule has 1 aromatic carbocycles. The third-order valence-corrected chi connectivity index (χ3v) is 4.39. The number of hydrogen-bond donors (Lipinski definition) is 1. The van der Waals surface area contributed by atoms with Crippen LogP contribution in [0.4, 0.5) is 10.1 Å². The minimum atomic E-state index is -0.411. The molecule has 6 heteroatoms. The minimum Gasteiger partial charge on any atom is -0.381 e. The quantitative estimate of drug-likeness (QED) is 0.930. The largest absolute Gasteiger partial charge is 0.381 e. The fourth-order valence-corrected chi connectivity index (χ4v) is 3.03. The van der Waals surface area contributed by atoms with Gasteiger partial charge >= 0.3 is 0 Å². The molecule has 0 spiro atoms. The summed E-state index contributed by atoms with van der Waals surface area (Å²) in [6, 6.07) is 4.85. The Morgan fingerprint density at radius 2 is 2.29 bits per heavy atom. The fraction of sp³-hybridized carbons (Fsp3) is 0.533. The van der Waals surface area contributed by atoms with Gasteiger partial charge in [-0.1, -0.05) is 11.6 Å². The van der Waals surface area contributed by atoms with Crippen LogP contribution in [-0.4, -0.2) is 38.3 Å². The second-order valence-electron chi connectivity index (χ2n) is 5.60. The maximum Gasteiger partial charge on any atom is 0.225 e. The average Bonchev–Trinajstić information content (AvgIpc) is 3.12. The molecule has 0 saturated carbocycles. The summed E-state index contributed by atoms with van der Waals surface area (Å²) in [7, 11) is 0. The van der Waals surface area contributed by atoms with Crippen LogP contribution in [0.5, 0.6) is 0 Å². The molecule has 1 N–H and O–H groups in total. The molecule has 2 aliphatic rings. The van der Waals surface area contributed by atoms with Crippen LogP contribution in [0.1, 0.15) is 12.8 Å². The zero-order chi connectivity index (χ0) is 14.8. The van der Waals surface area contributed by atoms with E-state index in [9.17, 15) is 9.18 Å². The highest BCUT2D eigenvalue weighted by atomic mass is 35.5. The van der Waals surface area contributed by atoms with Crippen molar-refractivity contribution in [3.8, 4) is 0 Å². The monoisotopic (exact) mass is 312 g/mol. The van der Waals surface area contributed by atoms with E-state index in [-0.39, 0.29) is 22.9 Å². The van der Waals surface area contributed by atoms with Gasteiger partial charge in [-0.25, -0.2) is 4.39 Å². The van der Waals surface area contributed by atoms with Gasteiger partial charge in [0.25, 0.3) is 0 Å². The molecule has 114 valence electrons. The van der Waals surface area contributed by atoms with Crippen molar-refractivity contribution in [2.75, 3.05) is 31.2 Å². The van der Waals surface area contributed by atoms with Crippen molar-refractivity contribution in [3.05, 3.63) is 29.0 Å². The summed E-state index contributed by atoms with van der Waals surface area (Å²) in [5.74, 6) is -0.346. The van der Waals surface area contributed by atoms with Gasteiger partial charge in [0.2, 0.25) is 5.91 Å². The van der Waals surface area contributed by atoms with Crippen molar-refractivity contribution in [1.82, 2.24) is 5.32 Å². The van der Waals surface area contributed by atoms with Crippen LogP contribution in [0.15, 0.2) is 18.2 Å². The lowest BCUT2D eigenvalue weighted by Gasteiger charge is -2.20. The summed E-state index contributed by atoms with van der Waals surface area (Å²) in [5, 5.41) is 3.21. The van der Waals surface area contributed by atoms with E-state index >= 15 is 0 Å². The van der Waals surface area contributed by atoms with E-state index < -0.39 is 5.82 Å². The predicted molar refractivity (Wildman–Crippen MR) is 79.1 cm³/mol. The summed E-state index contributed by atoms with van der Waals surface area (Å²) < 4.78 is 18.4. The molecule has 0 aliphatic carbocycles. The normalized spacial score (nSPS) is 25.3. The van der Waals surface area contributed by atoms with Crippen molar-refractivity contribution in [2.45, 2.75) is 18.9 Å². The number of carbonyl (C=O) groups is 1. The lowest BCUT2D eigenvalue weighted by Crippen LogP contribution is -2.40. The van der Waals surface area contributed by atoms with Crippen LogP contribution in [0.25, 0.3) is 0 Å². The SMILES string of the molecule is O=C(N[C@@H]1CCN(c2ccc(F)c(Cl)c2)C1)[C@H]1CCOC1. The maximum atomic E-state index is 13.2. The summed E-state index contributed by atoms with van der Waals surface area (Å²) >= 11 is 5.81. The van der Waals surface area contributed by atoms with E-state index in [0.717, 1.165) is 31.6 Å². The first-order valence-electron chi connectivity index (χ1n) is 7.21. The molecule has 3 rings (SSSR count). The number of benzene rings is 1. The second kappa shape index (κ2) is 6.20. The van der Waals surface area contributed by atoms with Crippen LogP contribution in [0, 0.1) is 11.7 Å². The molecule has 1 aromatic rings. The molecular formula is C15H18ClFN2O2. The Kier molecular flexibility index (Phi) is 4.31. The van der Waals surface area contributed by atoms with Gasteiger partial charge in [0.1, 0.15) is 5.82 Å². The van der Waals surface area contributed by atoms with E-state index in [1.54, 1.807) is 12.1 Å². The summed E-state index contributed by atoms with van der Waals surface area (Å²) in [4.78, 5) is 14.2. The van der Waals surface area contributed by atoms with Crippen molar-refractivity contribution < 1.29 is 13.9 Å². The Hall–Kier alpha value is -1.33. The van der Waals surface area contributed by atoms with Crippen LogP contribution < -0.4 is 10.2 Å². The van der Waals surface area contributed by atoms with Crippen LogP contribution >= 0.6 is 11.6 Å². The lowest BCUT2D eigenvalue weighted by atomic mass is 10.1. The Bertz CT molecular complexity index is 534. The highest BCUT2D eigenvalue weighted by molar-refractivity contribution is 6.31. The number of amides is 1. The molecule has 4 nitrogen and oxygen atoms in total. The number of ether oxygens (including phenoxy) is 1. The van der Waals surface area contributed by atoms with Gasteiger partial charge in [0.05, 0.1) is 17.5 Å². The van der Waals surface area contributed by atoms with Crippen molar-refractivity contribution >= 4 is 23.2 Å². The first kappa shape index (κ1) is 14.6. The third kappa shape index (κ3) is 3.30. The number of carbonyl (C=O) groups excluding carboxylic acids is 1. The summed E-state index contributed by atoms with van der Waals surface area (Å²) in [6.45, 7) is 2.74. The fourth-order valence-electron chi connectivity index (χ4n) is 2.85. The minimum absolute atomic E-state index is 0.0145. The summed E-state index contributed by atoms with van der Waals surface area (Å²) in [5.41, 5.74) is 0.891. The summed E-state index contributed by atoms with van der Waals surface area (Å²) in [6.07, 6.45) is 1.68. The predicted octanol–water partition coefficient (Wildman–Crippen LogP) is 2.21. The van der Waals surface area contributed by atoms with Crippen molar-refractivity contribution in [2.24, 2.45) is 5.92 Å². The number of nitrogens with one attached hydrogen (secondary N) is 1. The third-order valence-electron chi connectivity index (χ3n) is 4.10. The first-order valence-corrected chi connectivity index (χ1v) is 7.59. The highest BCUT2D eigenvalue weighted by Crippen LogP contribution is 2.26. The molecule has 1 amide bonds. The Balaban J connectivity index is 1.57. The Morgan fingerprint density at radius 1 is 1.43 bits per heavy atom. The number of halogens is 2. The maximum absolute atomic E-state index is 13.2. The zero-order valence-electron chi connectivity index (χ0n) is 11.6. The van der Waals surface area contributed by atoms with Gasteiger partial charge in [-0.2, -0.15) is 0 Å². The molecule has 2 atom stereocenters. The van der Waals surface area contributed by atoms with Crippen molar-refractivity contribution in [3.63, 3.8) is 0 Å². The van der Waals surface area contributed by atoms with E-state index in [4.69, 9.17) is 16.3 Å². The standard InChI is InChI=1S/C15H18ClFN2O2/c16-13-7-12(1-2-14(13)17)19-5-3-11(8-19)18-15(20)10-4-6-21-9-10/h1-2,7,10-11H,3-6,8-9H2,(H,18,20)/t10-,11+/m0/s1. The van der Waals surface area contributed by atoms with E-state index in [2.05, 4.69) is 10.2 Å². The van der Waals surface area contributed by atoms with Crippen LogP contribution in [0.3, 0.4) is 0 Å². The first-order chi connectivity index (χ1) is 10.1. The second-order valence-corrected chi connectivity index (χ2v) is 6.01. The molecule has 2 saturated heterocycles. The molecule has 0 aromatic heterocycles. The molecule has 0 radical (unpaired) electrons. The van der Waals surface area contributed by atoms with E-state index in [1.165, 1.54) is 6.07 Å².